The van der Waals surface area contributed by atoms with Crippen molar-refractivity contribution in [3.63, 3.8) is 0 Å². The quantitative estimate of drug-likeness (QED) is 0.629. The van der Waals surface area contributed by atoms with Crippen LogP contribution in [0.25, 0.3) is 0 Å². The number of hydrogen-bond donors (Lipinski definition) is 1. The van der Waals surface area contributed by atoms with Crippen molar-refractivity contribution in [3.8, 4) is 5.75 Å². The Balaban J connectivity index is 2.22. The van der Waals surface area contributed by atoms with Crippen LogP contribution in [0.2, 0.25) is 10.0 Å². The van der Waals surface area contributed by atoms with Gasteiger partial charge in [-0.05, 0) is 42.7 Å². The van der Waals surface area contributed by atoms with Crippen LogP contribution in [0.15, 0.2) is 42.5 Å². The van der Waals surface area contributed by atoms with Gasteiger partial charge in [-0.3, -0.25) is 9.59 Å². The third kappa shape index (κ3) is 6.12. The fourth-order valence-electron chi connectivity index (χ4n) is 2.99. The number of hydrogen-bond acceptors (Lipinski definition) is 3. The molecule has 0 saturated heterocycles. The van der Waals surface area contributed by atoms with Crippen LogP contribution in [0.1, 0.15) is 31.4 Å². The van der Waals surface area contributed by atoms with Gasteiger partial charge in [0.1, 0.15) is 11.8 Å². The summed E-state index contributed by atoms with van der Waals surface area (Å²) in [6.07, 6.45) is 1.37. The van der Waals surface area contributed by atoms with Crippen LogP contribution in [-0.4, -0.2) is 36.4 Å². The fraction of sp³-hybridized carbons (Fsp3) is 0.364. The van der Waals surface area contributed by atoms with Gasteiger partial charge in [0.05, 0.1) is 0 Å². The summed E-state index contributed by atoms with van der Waals surface area (Å²) < 4.78 is 5.67. The highest BCUT2D eigenvalue weighted by atomic mass is 35.5. The molecule has 1 atom stereocenters. The smallest absolute Gasteiger partial charge is 0.261 e. The maximum Gasteiger partial charge on any atom is 0.261 e. The zero-order valence-electron chi connectivity index (χ0n) is 16.9. The summed E-state index contributed by atoms with van der Waals surface area (Å²) in [7, 11) is 1.54. The van der Waals surface area contributed by atoms with Crippen LogP contribution < -0.4 is 10.1 Å². The van der Waals surface area contributed by atoms with E-state index in [2.05, 4.69) is 12.2 Å². The van der Waals surface area contributed by atoms with Gasteiger partial charge in [-0.25, -0.2) is 0 Å². The normalized spacial score (nSPS) is 11.6. The third-order valence-electron chi connectivity index (χ3n) is 4.72. The molecule has 0 saturated carbocycles. The number of nitrogens with one attached hydrogen (secondary N) is 1. The van der Waals surface area contributed by atoms with Crippen molar-refractivity contribution >= 4 is 35.0 Å². The Labute approximate surface area is 181 Å². The first kappa shape index (κ1) is 23.0. The maximum absolute atomic E-state index is 13.0. The highest BCUT2D eigenvalue weighted by molar-refractivity contribution is 6.36. The van der Waals surface area contributed by atoms with Crippen molar-refractivity contribution < 1.29 is 14.3 Å². The van der Waals surface area contributed by atoms with E-state index in [4.69, 9.17) is 27.9 Å². The predicted octanol–water partition coefficient (Wildman–Crippen LogP) is 4.49. The van der Waals surface area contributed by atoms with E-state index in [9.17, 15) is 9.59 Å². The number of aryl methyl sites for hydroxylation is 1. The van der Waals surface area contributed by atoms with Gasteiger partial charge in [0.25, 0.3) is 5.91 Å². The van der Waals surface area contributed by atoms with Gasteiger partial charge in [0, 0.05) is 29.2 Å². The van der Waals surface area contributed by atoms with Crippen molar-refractivity contribution in [2.75, 3.05) is 13.7 Å². The lowest BCUT2D eigenvalue weighted by Crippen LogP contribution is -2.49. The minimum absolute atomic E-state index is 0.112. The molecule has 156 valence electrons. The lowest BCUT2D eigenvalue weighted by molar-refractivity contribution is -0.142. The second kappa shape index (κ2) is 11.1. The van der Waals surface area contributed by atoms with Crippen molar-refractivity contribution in [1.82, 2.24) is 10.2 Å². The second-order valence-corrected chi connectivity index (χ2v) is 7.36. The van der Waals surface area contributed by atoms with Crippen LogP contribution in [0.4, 0.5) is 0 Å². The summed E-state index contributed by atoms with van der Waals surface area (Å²) in [4.78, 5) is 26.9. The molecule has 0 radical (unpaired) electrons. The second-order valence-electron chi connectivity index (χ2n) is 6.55. The minimum Gasteiger partial charge on any atom is -0.484 e. The third-order valence-corrected chi connectivity index (χ3v) is 5.42. The standard InChI is InChI=1S/C22H26Cl2N2O3/c1-4-15-9-11-16(12-10-15)29-14-21(27)26(20(5-2)22(28)25-3)13-17-18(23)7-6-8-19(17)24/h6-12,20H,4-5,13-14H2,1-3H3,(H,25,28)/t20-/m0/s1. The Morgan fingerprint density at radius 3 is 2.21 bits per heavy atom. The van der Waals surface area contributed by atoms with Gasteiger partial charge in [-0.2, -0.15) is 0 Å². The van der Waals surface area contributed by atoms with Crippen molar-refractivity contribution in [3.05, 3.63) is 63.6 Å². The lowest BCUT2D eigenvalue weighted by Gasteiger charge is -2.30. The maximum atomic E-state index is 13.0. The topological polar surface area (TPSA) is 58.6 Å². The van der Waals surface area contributed by atoms with E-state index < -0.39 is 6.04 Å². The van der Waals surface area contributed by atoms with Crippen LogP contribution in [0, 0.1) is 0 Å². The van der Waals surface area contributed by atoms with E-state index in [-0.39, 0.29) is 25.0 Å². The highest BCUT2D eigenvalue weighted by Gasteiger charge is 2.29. The first-order valence-corrected chi connectivity index (χ1v) is 10.3. The number of benzene rings is 2. The van der Waals surface area contributed by atoms with Gasteiger partial charge in [0.15, 0.2) is 6.61 Å². The Morgan fingerprint density at radius 1 is 1.07 bits per heavy atom. The van der Waals surface area contributed by atoms with Crippen LogP contribution >= 0.6 is 23.2 Å². The molecule has 0 aromatic heterocycles. The number of halogens is 2. The molecule has 0 aliphatic heterocycles. The summed E-state index contributed by atoms with van der Waals surface area (Å²) in [6.45, 7) is 3.84. The number of carbonyl (C=O) groups is 2. The first-order valence-electron chi connectivity index (χ1n) is 9.56. The van der Waals surface area contributed by atoms with Gasteiger partial charge < -0.3 is 15.0 Å². The van der Waals surface area contributed by atoms with E-state index in [0.29, 0.717) is 27.8 Å². The lowest BCUT2D eigenvalue weighted by atomic mass is 10.1. The molecule has 0 aliphatic carbocycles. The highest BCUT2D eigenvalue weighted by Crippen LogP contribution is 2.27. The summed E-state index contributed by atoms with van der Waals surface area (Å²) in [5.41, 5.74) is 1.78. The number of amides is 2. The zero-order valence-corrected chi connectivity index (χ0v) is 18.4. The Morgan fingerprint density at radius 2 is 1.69 bits per heavy atom. The Bertz CT molecular complexity index is 820. The molecule has 2 amide bonds. The molecule has 0 bridgehead atoms. The molecule has 5 nitrogen and oxygen atoms in total. The molecule has 0 heterocycles. The summed E-state index contributed by atoms with van der Waals surface area (Å²) >= 11 is 12.6. The summed E-state index contributed by atoms with van der Waals surface area (Å²) in [6, 6.07) is 12.1. The Kier molecular flexibility index (Phi) is 8.80. The first-order chi connectivity index (χ1) is 13.9. The van der Waals surface area contributed by atoms with Crippen LogP contribution in [0.5, 0.6) is 5.75 Å². The number of carbonyl (C=O) groups excluding carboxylic acids is 2. The molecule has 0 unspecified atom stereocenters. The van der Waals surface area contributed by atoms with E-state index in [1.807, 2.05) is 31.2 Å². The van der Waals surface area contributed by atoms with Gasteiger partial charge >= 0.3 is 0 Å². The van der Waals surface area contributed by atoms with Crippen molar-refractivity contribution in [2.45, 2.75) is 39.3 Å². The van der Waals surface area contributed by atoms with E-state index in [0.717, 1.165) is 6.42 Å². The molecule has 0 fully saturated rings. The molecule has 0 spiro atoms. The predicted molar refractivity (Wildman–Crippen MR) is 116 cm³/mol. The average molecular weight is 437 g/mol. The largest absolute Gasteiger partial charge is 0.484 e. The Hall–Kier alpha value is -2.24. The monoisotopic (exact) mass is 436 g/mol. The molecular weight excluding hydrogens is 411 g/mol. The molecular formula is C22H26Cl2N2O3. The van der Waals surface area contributed by atoms with E-state index >= 15 is 0 Å². The molecule has 1 N–H and O–H groups in total. The summed E-state index contributed by atoms with van der Waals surface area (Å²) in [5, 5.41) is 3.50. The van der Waals surface area contributed by atoms with E-state index in [1.165, 1.54) is 10.5 Å². The number of ether oxygens (including phenoxy) is 1. The van der Waals surface area contributed by atoms with Gasteiger partial charge in [-0.15, -0.1) is 0 Å². The average Bonchev–Trinajstić information content (AvgIpc) is 2.73. The van der Waals surface area contributed by atoms with Crippen molar-refractivity contribution in [1.29, 1.82) is 0 Å². The van der Waals surface area contributed by atoms with Gasteiger partial charge in [0.2, 0.25) is 5.91 Å². The minimum atomic E-state index is -0.661. The molecule has 2 aromatic rings. The van der Waals surface area contributed by atoms with Crippen LogP contribution in [0.3, 0.4) is 0 Å². The van der Waals surface area contributed by atoms with Gasteiger partial charge in [-0.1, -0.05) is 55.2 Å². The molecule has 2 aromatic carbocycles. The summed E-state index contributed by atoms with van der Waals surface area (Å²) in [5.74, 6) is 0.0200. The number of nitrogens with zero attached hydrogens (tertiary/aromatic N) is 1. The number of likely N-dealkylation sites (N-methyl/N-ethyl adjacent to an activating group) is 1. The molecule has 7 heteroatoms. The molecule has 0 aliphatic rings. The fourth-order valence-corrected chi connectivity index (χ4v) is 3.51. The zero-order chi connectivity index (χ0) is 21.4. The van der Waals surface area contributed by atoms with Crippen molar-refractivity contribution in [2.24, 2.45) is 0 Å². The molecule has 2 rings (SSSR count). The van der Waals surface area contributed by atoms with E-state index in [1.54, 1.807) is 25.2 Å². The number of rotatable bonds is 9. The molecule has 29 heavy (non-hydrogen) atoms. The van der Waals surface area contributed by atoms with Crippen LogP contribution in [-0.2, 0) is 22.6 Å². The SMILES string of the molecule is CCc1ccc(OCC(=O)N(Cc2c(Cl)cccc2Cl)[C@@H](CC)C(=O)NC)cc1.